The summed E-state index contributed by atoms with van der Waals surface area (Å²) in [7, 11) is 0. The maximum Gasteiger partial charge on any atom is 0.221 e. The van der Waals surface area contributed by atoms with E-state index in [-0.39, 0.29) is 11.9 Å². The van der Waals surface area contributed by atoms with Crippen molar-refractivity contribution in [2.45, 2.75) is 33.2 Å². The zero-order valence-electron chi connectivity index (χ0n) is 10.0. The maximum absolute atomic E-state index is 11.2. The molecule has 0 aliphatic heterocycles. The van der Waals surface area contributed by atoms with E-state index in [9.17, 15) is 4.79 Å². The summed E-state index contributed by atoms with van der Waals surface area (Å²) in [6, 6.07) is 0.266. The van der Waals surface area contributed by atoms with Crippen LogP contribution in [0.3, 0.4) is 0 Å². The number of hydrogen-bond acceptors (Lipinski definition) is 4. The SMILES string of the molecule is CCNC(=O)CCNC(C)c1scnc1C. The number of aromatic nitrogens is 1. The number of aryl methyl sites for hydroxylation is 1. The number of hydrogen-bond donors (Lipinski definition) is 2. The average Bonchev–Trinajstić information content (AvgIpc) is 2.64. The van der Waals surface area contributed by atoms with Crippen LogP contribution in [0.2, 0.25) is 0 Å². The Morgan fingerprint density at radius 2 is 2.38 bits per heavy atom. The third kappa shape index (κ3) is 3.90. The molecule has 2 N–H and O–H groups in total. The lowest BCUT2D eigenvalue weighted by Crippen LogP contribution is -2.28. The molecule has 0 bridgehead atoms. The lowest BCUT2D eigenvalue weighted by molar-refractivity contribution is -0.120. The van der Waals surface area contributed by atoms with Gasteiger partial charge in [-0.3, -0.25) is 4.79 Å². The van der Waals surface area contributed by atoms with E-state index in [1.807, 2.05) is 19.4 Å². The Morgan fingerprint density at radius 1 is 1.62 bits per heavy atom. The number of carbonyl (C=O) groups is 1. The van der Waals surface area contributed by atoms with E-state index in [0.717, 1.165) is 5.69 Å². The molecule has 1 unspecified atom stereocenters. The molecule has 0 aliphatic carbocycles. The fourth-order valence-electron chi connectivity index (χ4n) is 1.51. The third-order valence-corrected chi connectivity index (χ3v) is 3.47. The van der Waals surface area contributed by atoms with Crippen molar-refractivity contribution in [1.29, 1.82) is 0 Å². The van der Waals surface area contributed by atoms with Crippen molar-refractivity contribution in [1.82, 2.24) is 15.6 Å². The molecule has 1 atom stereocenters. The van der Waals surface area contributed by atoms with Gasteiger partial charge < -0.3 is 10.6 Å². The Morgan fingerprint density at radius 3 is 2.94 bits per heavy atom. The van der Waals surface area contributed by atoms with Gasteiger partial charge >= 0.3 is 0 Å². The molecule has 1 aromatic heterocycles. The Hall–Kier alpha value is -0.940. The number of nitrogens with one attached hydrogen (secondary N) is 2. The molecule has 0 aromatic carbocycles. The van der Waals surface area contributed by atoms with Crippen LogP contribution in [-0.4, -0.2) is 24.0 Å². The van der Waals surface area contributed by atoms with Crippen molar-refractivity contribution >= 4 is 17.2 Å². The van der Waals surface area contributed by atoms with E-state index in [4.69, 9.17) is 0 Å². The van der Waals surface area contributed by atoms with Crippen LogP contribution in [0.4, 0.5) is 0 Å². The Bertz CT molecular complexity index is 338. The van der Waals surface area contributed by atoms with Gasteiger partial charge in [0.1, 0.15) is 0 Å². The largest absolute Gasteiger partial charge is 0.356 e. The number of amides is 1. The van der Waals surface area contributed by atoms with Gasteiger partial charge in [0.25, 0.3) is 0 Å². The van der Waals surface area contributed by atoms with Gasteiger partial charge in [-0.15, -0.1) is 11.3 Å². The maximum atomic E-state index is 11.2. The smallest absolute Gasteiger partial charge is 0.221 e. The first kappa shape index (κ1) is 13.1. The van der Waals surface area contributed by atoms with Gasteiger partial charge in [0.15, 0.2) is 0 Å². The quantitative estimate of drug-likeness (QED) is 0.796. The summed E-state index contributed by atoms with van der Waals surface area (Å²) in [4.78, 5) is 16.7. The van der Waals surface area contributed by atoms with Crippen molar-refractivity contribution in [2.24, 2.45) is 0 Å². The molecule has 16 heavy (non-hydrogen) atoms. The number of carbonyl (C=O) groups excluding carboxylic acids is 1. The van der Waals surface area contributed by atoms with E-state index in [1.165, 1.54) is 4.88 Å². The first-order valence-corrected chi connectivity index (χ1v) is 6.43. The Balaban J connectivity index is 2.28. The molecule has 1 rings (SSSR count). The Kier molecular flexibility index (Phi) is 5.42. The lowest BCUT2D eigenvalue weighted by atomic mass is 10.2. The number of thiazole rings is 1. The zero-order valence-corrected chi connectivity index (χ0v) is 10.9. The zero-order chi connectivity index (χ0) is 12.0. The highest BCUT2D eigenvalue weighted by atomic mass is 32.1. The minimum absolute atomic E-state index is 0.100. The fraction of sp³-hybridized carbons (Fsp3) is 0.636. The predicted molar refractivity (Wildman–Crippen MR) is 66.6 cm³/mol. The van der Waals surface area contributed by atoms with Crippen LogP contribution < -0.4 is 10.6 Å². The van der Waals surface area contributed by atoms with Crippen molar-refractivity contribution in [3.63, 3.8) is 0 Å². The molecule has 0 spiro atoms. The van der Waals surface area contributed by atoms with Crippen LogP contribution in [0, 0.1) is 6.92 Å². The van der Waals surface area contributed by atoms with E-state index < -0.39 is 0 Å². The summed E-state index contributed by atoms with van der Waals surface area (Å²) in [6.07, 6.45) is 0.524. The summed E-state index contributed by atoms with van der Waals surface area (Å²) in [5.41, 5.74) is 2.93. The van der Waals surface area contributed by atoms with Gasteiger partial charge in [-0.1, -0.05) is 0 Å². The van der Waals surface area contributed by atoms with Crippen molar-refractivity contribution in [2.75, 3.05) is 13.1 Å². The van der Waals surface area contributed by atoms with E-state index in [0.29, 0.717) is 19.5 Å². The monoisotopic (exact) mass is 241 g/mol. The second-order valence-electron chi connectivity index (χ2n) is 3.68. The van der Waals surface area contributed by atoms with Crippen molar-refractivity contribution in [3.05, 3.63) is 16.1 Å². The number of rotatable bonds is 6. The lowest BCUT2D eigenvalue weighted by Gasteiger charge is -2.12. The van der Waals surface area contributed by atoms with E-state index >= 15 is 0 Å². The molecule has 0 saturated heterocycles. The molecule has 5 heteroatoms. The molecular weight excluding hydrogens is 222 g/mol. The van der Waals surface area contributed by atoms with Gasteiger partial charge in [0.05, 0.1) is 11.2 Å². The third-order valence-electron chi connectivity index (χ3n) is 2.35. The minimum Gasteiger partial charge on any atom is -0.356 e. The van der Waals surface area contributed by atoms with Crippen molar-refractivity contribution in [3.8, 4) is 0 Å². The first-order valence-electron chi connectivity index (χ1n) is 5.55. The normalized spacial score (nSPS) is 12.4. The minimum atomic E-state index is 0.100. The van der Waals surface area contributed by atoms with Crippen LogP contribution in [0.5, 0.6) is 0 Å². The molecule has 0 aliphatic rings. The molecule has 0 fully saturated rings. The predicted octanol–water partition coefficient (Wildman–Crippen LogP) is 1.63. The summed E-state index contributed by atoms with van der Waals surface area (Å²) in [5, 5.41) is 6.10. The highest BCUT2D eigenvalue weighted by Crippen LogP contribution is 2.20. The van der Waals surface area contributed by atoms with Gasteiger partial charge in [-0.05, 0) is 20.8 Å². The summed E-state index contributed by atoms with van der Waals surface area (Å²) in [5.74, 6) is 0.100. The van der Waals surface area contributed by atoms with Crippen LogP contribution in [-0.2, 0) is 4.79 Å². The number of nitrogens with zero attached hydrogens (tertiary/aromatic N) is 1. The standard InChI is InChI=1S/C11H19N3OS/c1-4-12-10(15)5-6-13-8(2)11-9(3)14-7-16-11/h7-8,13H,4-6H2,1-3H3,(H,12,15). The van der Waals surface area contributed by atoms with Crippen LogP contribution in [0.1, 0.15) is 36.9 Å². The van der Waals surface area contributed by atoms with Crippen LogP contribution >= 0.6 is 11.3 Å². The summed E-state index contributed by atoms with van der Waals surface area (Å²) < 4.78 is 0. The van der Waals surface area contributed by atoms with E-state index in [2.05, 4.69) is 22.5 Å². The summed E-state index contributed by atoms with van der Waals surface area (Å²) >= 11 is 1.65. The highest BCUT2D eigenvalue weighted by molar-refractivity contribution is 7.09. The summed E-state index contributed by atoms with van der Waals surface area (Å²) in [6.45, 7) is 7.42. The molecule has 1 aromatic rings. The molecule has 1 amide bonds. The first-order chi connectivity index (χ1) is 7.65. The highest BCUT2D eigenvalue weighted by Gasteiger charge is 2.10. The molecular formula is C11H19N3OS. The average molecular weight is 241 g/mol. The second kappa shape index (κ2) is 6.60. The van der Waals surface area contributed by atoms with Gasteiger partial charge in [-0.25, -0.2) is 4.98 Å². The second-order valence-corrected chi connectivity index (χ2v) is 4.57. The van der Waals surface area contributed by atoms with Crippen LogP contribution in [0.25, 0.3) is 0 Å². The van der Waals surface area contributed by atoms with Gasteiger partial charge in [0, 0.05) is 30.4 Å². The molecule has 1 heterocycles. The molecule has 4 nitrogen and oxygen atoms in total. The topological polar surface area (TPSA) is 54.0 Å². The molecule has 0 radical (unpaired) electrons. The molecule has 90 valence electrons. The fourth-order valence-corrected chi connectivity index (χ4v) is 2.34. The molecule has 0 saturated carbocycles. The Labute approximate surface area is 100 Å². The van der Waals surface area contributed by atoms with Gasteiger partial charge in [0.2, 0.25) is 5.91 Å². The van der Waals surface area contributed by atoms with E-state index in [1.54, 1.807) is 11.3 Å². The van der Waals surface area contributed by atoms with Crippen LogP contribution in [0.15, 0.2) is 5.51 Å². The van der Waals surface area contributed by atoms with Gasteiger partial charge in [-0.2, -0.15) is 0 Å². The van der Waals surface area contributed by atoms with Crippen molar-refractivity contribution < 1.29 is 4.79 Å².